The number of sulfonamides is 1. The van der Waals surface area contributed by atoms with E-state index < -0.39 is 10.0 Å². The molecule has 0 spiro atoms. The topological polar surface area (TPSA) is 58.5 Å². The van der Waals surface area contributed by atoms with Crippen molar-refractivity contribution >= 4 is 26.5 Å². The molecule has 0 fully saturated rings. The van der Waals surface area contributed by atoms with Crippen molar-refractivity contribution in [3.05, 3.63) is 69.3 Å². The van der Waals surface area contributed by atoms with Crippen molar-refractivity contribution in [1.29, 1.82) is 0 Å². The van der Waals surface area contributed by atoms with Gasteiger partial charge in [-0.05, 0) is 69.4 Å². The summed E-state index contributed by atoms with van der Waals surface area (Å²) < 4.78 is 29.4. The van der Waals surface area contributed by atoms with E-state index in [0.29, 0.717) is 17.0 Å². The van der Waals surface area contributed by atoms with Crippen LogP contribution in [0.5, 0.6) is 0 Å². The molecule has 0 aromatic heterocycles. The minimum Gasteiger partial charge on any atom is -0.339 e. The van der Waals surface area contributed by atoms with Crippen LogP contribution in [0.4, 0.5) is 5.69 Å². The van der Waals surface area contributed by atoms with Crippen LogP contribution in [0.1, 0.15) is 40.3 Å². The summed E-state index contributed by atoms with van der Waals surface area (Å²) in [6.07, 6.45) is 0. The van der Waals surface area contributed by atoms with Crippen molar-refractivity contribution in [3.63, 3.8) is 0 Å². The van der Waals surface area contributed by atoms with Crippen LogP contribution >= 0.6 is 0 Å². The molecule has 1 heterocycles. The number of nitrogens with zero attached hydrogens (tertiary/aromatic N) is 1. The van der Waals surface area contributed by atoms with Crippen LogP contribution in [-0.2, 0) is 10.0 Å². The zero-order valence-corrected chi connectivity index (χ0v) is 16.9. The average Bonchev–Trinajstić information content (AvgIpc) is 2.75. The summed E-state index contributed by atoms with van der Waals surface area (Å²) in [6.45, 7) is 11.9. The van der Waals surface area contributed by atoms with Crippen molar-refractivity contribution in [2.75, 3.05) is 5.32 Å². The number of anilines is 1. The van der Waals surface area contributed by atoms with Gasteiger partial charge >= 0.3 is 0 Å². The van der Waals surface area contributed by atoms with Gasteiger partial charge in [0.05, 0.1) is 0 Å². The first-order valence-corrected chi connectivity index (χ1v) is 10.0. The second-order valence-electron chi connectivity index (χ2n) is 7.07. The Morgan fingerprint density at radius 1 is 0.808 bits per heavy atom. The number of nitrogens with one attached hydrogen (secondary N) is 1. The van der Waals surface area contributed by atoms with Crippen LogP contribution in [0.25, 0.3) is 4.91 Å². The highest BCUT2D eigenvalue weighted by Gasteiger charge is 2.31. The SMILES string of the molecule is CC1=C(c2ccc(C)c(C)c2)S(=O)(=O)N=C1Nc1c(C)cc(C)cc1C. The van der Waals surface area contributed by atoms with E-state index in [-0.39, 0.29) is 4.91 Å². The fourth-order valence-electron chi connectivity index (χ4n) is 3.40. The van der Waals surface area contributed by atoms with Crippen LogP contribution in [-0.4, -0.2) is 14.3 Å². The summed E-state index contributed by atoms with van der Waals surface area (Å²) in [6, 6.07) is 9.84. The molecule has 26 heavy (non-hydrogen) atoms. The zero-order chi connectivity index (χ0) is 19.2. The summed E-state index contributed by atoms with van der Waals surface area (Å²) in [7, 11) is -3.72. The molecule has 1 N–H and O–H groups in total. The third-order valence-corrected chi connectivity index (χ3v) is 6.34. The second-order valence-corrected chi connectivity index (χ2v) is 8.61. The lowest BCUT2D eigenvalue weighted by atomic mass is 10.0. The fourth-order valence-corrected chi connectivity index (χ4v) is 4.82. The Bertz CT molecular complexity index is 1050. The maximum absolute atomic E-state index is 12.7. The molecular weight excluding hydrogens is 344 g/mol. The summed E-state index contributed by atoms with van der Waals surface area (Å²) in [5.41, 5.74) is 7.73. The molecular formula is C21H24N2O2S. The van der Waals surface area contributed by atoms with E-state index in [1.165, 1.54) is 5.56 Å². The molecule has 0 radical (unpaired) electrons. The van der Waals surface area contributed by atoms with E-state index in [4.69, 9.17) is 0 Å². The van der Waals surface area contributed by atoms with Gasteiger partial charge < -0.3 is 5.32 Å². The lowest BCUT2D eigenvalue weighted by Gasteiger charge is -2.14. The van der Waals surface area contributed by atoms with Crippen LogP contribution in [0.3, 0.4) is 0 Å². The Labute approximate surface area is 155 Å². The maximum Gasteiger partial charge on any atom is 0.285 e. The third kappa shape index (κ3) is 3.19. The molecule has 0 unspecified atom stereocenters. The molecule has 2 aromatic rings. The normalized spacial score (nSPS) is 16.0. The van der Waals surface area contributed by atoms with E-state index >= 15 is 0 Å². The Morgan fingerprint density at radius 3 is 2.00 bits per heavy atom. The second kappa shape index (κ2) is 6.40. The van der Waals surface area contributed by atoms with E-state index in [1.54, 1.807) is 6.92 Å². The summed E-state index contributed by atoms with van der Waals surface area (Å²) in [5, 5.41) is 3.25. The Hall–Kier alpha value is -2.40. The van der Waals surface area contributed by atoms with Gasteiger partial charge in [0, 0.05) is 11.3 Å². The highest BCUT2D eigenvalue weighted by molar-refractivity contribution is 8.00. The lowest BCUT2D eigenvalue weighted by molar-refractivity contribution is 0.608. The minimum absolute atomic E-state index is 0.283. The molecule has 0 saturated carbocycles. The van der Waals surface area contributed by atoms with E-state index in [2.05, 4.69) is 21.8 Å². The maximum atomic E-state index is 12.7. The number of hydrogen-bond donors (Lipinski definition) is 1. The van der Waals surface area contributed by atoms with Gasteiger partial charge in [0.2, 0.25) is 0 Å². The van der Waals surface area contributed by atoms with Crippen molar-refractivity contribution in [1.82, 2.24) is 0 Å². The predicted molar refractivity (Wildman–Crippen MR) is 109 cm³/mol. The van der Waals surface area contributed by atoms with Crippen molar-refractivity contribution in [2.45, 2.75) is 41.5 Å². The molecule has 0 amide bonds. The predicted octanol–water partition coefficient (Wildman–Crippen LogP) is 4.81. The van der Waals surface area contributed by atoms with Gasteiger partial charge in [0.25, 0.3) is 10.0 Å². The minimum atomic E-state index is -3.72. The van der Waals surface area contributed by atoms with Crippen molar-refractivity contribution in [2.24, 2.45) is 4.40 Å². The molecule has 136 valence electrons. The Morgan fingerprint density at radius 2 is 1.42 bits per heavy atom. The van der Waals surface area contributed by atoms with Crippen LogP contribution in [0.2, 0.25) is 0 Å². The van der Waals surface area contributed by atoms with Crippen LogP contribution in [0.15, 0.2) is 40.3 Å². The lowest BCUT2D eigenvalue weighted by Crippen LogP contribution is -2.13. The van der Waals surface area contributed by atoms with Gasteiger partial charge in [-0.2, -0.15) is 8.42 Å². The number of hydrogen-bond acceptors (Lipinski definition) is 3. The fraction of sp³-hybridized carbons (Fsp3) is 0.286. The highest BCUT2D eigenvalue weighted by Crippen LogP contribution is 2.34. The monoisotopic (exact) mass is 368 g/mol. The molecule has 5 heteroatoms. The number of rotatable bonds is 2. The van der Waals surface area contributed by atoms with Crippen molar-refractivity contribution in [3.8, 4) is 0 Å². The van der Waals surface area contributed by atoms with Gasteiger partial charge in [0.15, 0.2) is 0 Å². The van der Waals surface area contributed by atoms with Gasteiger partial charge in [-0.25, -0.2) is 0 Å². The molecule has 0 bridgehead atoms. The number of benzene rings is 2. The van der Waals surface area contributed by atoms with Crippen LogP contribution < -0.4 is 5.32 Å². The molecule has 0 aliphatic carbocycles. The zero-order valence-electron chi connectivity index (χ0n) is 16.1. The average molecular weight is 369 g/mol. The molecule has 4 nitrogen and oxygen atoms in total. The van der Waals surface area contributed by atoms with E-state index in [9.17, 15) is 8.42 Å². The van der Waals surface area contributed by atoms with E-state index in [1.807, 2.05) is 52.8 Å². The number of amidine groups is 1. The Kier molecular flexibility index (Phi) is 4.53. The van der Waals surface area contributed by atoms with Gasteiger partial charge in [-0.15, -0.1) is 4.40 Å². The standard InChI is InChI=1S/C21H24N2O2S/c1-12-9-15(4)19(16(5)10-12)22-21-17(6)20(26(24,25)23-21)18-8-7-13(2)14(3)11-18/h7-11H,1-6H3,(H,22,23). The van der Waals surface area contributed by atoms with Gasteiger partial charge in [-0.1, -0.05) is 35.9 Å². The largest absolute Gasteiger partial charge is 0.339 e. The molecule has 3 rings (SSSR count). The Balaban J connectivity index is 2.08. The van der Waals surface area contributed by atoms with Crippen molar-refractivity contribution < 1.29 is 8.42 Å². The quantitative estimate of drug-likeness (QED) is 0.827. The highest BCUT2D eigenvalue weighted by atomic mass is 32.2. The first kappa shape index (κ1) is 18.4. The first-order valence-electron chi connectivity index (χ1n) is 8.59. The summed E-state index contributed by atoms with van der Waals surface area (Å²) >= 11 is 0. The van der Waals surface area contributed by atoms with Crippen LogP contribution in [0, 0.1) is 34.6 Å². The summed E-state index contributed by atoms with van der Waals surface area (Å²) in [4.78, 5) is 0.283. The molecule has 1 aliphatic heterocycles. The van der Waals surface area contributed by atoms with E-state index in [0.717, 1.165) is 27.9 Å². The van der Waals surface area contributed by atoms with Gasteiger partial charge in [-0.3, -0.25) is 0 Å². The first-order chi connectivity index (χ1) is 12.1. The molecule has 0 saturated heterocycles. The van der Waals surface area contributed by atoms with Gasteiger partial charge in [0.1, 0.15) is 10.7 Å². The summed E-state index contributed by atoms with van der Waals surface area (Å²) in [5.74, 6) is 0.397. The molecule has 2 aromatic carbocycles. The molecule has 1 aliphatic rings. The smallest absolute Gasteiger partial charge is 0.285 e. The third-order valence-electron chi connectivity index (χ3n) is 4.85. The molecule has 0 atom stereocenters. The number of aryl methyl sites for hydroxylation is 5.